The number of carbonyl (C=O) groups is 1. The second-order valence-electron chi connectivity index (χ2n) is 8.04. The fourth-order valence-electron chi connectivity index (χ4n) is 3.92. The third-order valence-electron chi connectivity index (χ3n) is 5.85. The van der Waals surface area contributed by atoms with Crippen LogP contribution in [0.4, 0.5) is 0 Å². The fraction of sp³-hybridized carbons (Fsp3) is 0.231. The number of hydrogen-bond acceptors (Lipinski definition) is 5. The second-order valence-corrected chi connectivity index (χ2v) is 8.04. The molecule has 0 radical (unpaired) electrons. The summed E-state index contributed by atoms with van der Waals surface area (Å²) in [5.74, 6) is -2.10. The van der Waals surface area contributed by atoms with E-state index in [0.29, 0.717) is 23.7 Å². The summed E-state index contributed by atoms with van der Waals surface area (Å²) in [6.45, 7) is 0.0659. The number of aliphatic hydroxyl groups is 1. The zero-order chi connectivity index (χ0) is 23.2. The van der Waals surface area contributed by atoms with E-state index in [9.17, 15) is 19.8 Å². The van der Waals surface area contributed by atoms with Crippen LogP contribution in [0.1, 0.15) is 18.4 Å². The number of carboxylic acids is 1. The number of rotatable bonds is 9. The lowest BCUT2D eigenvalue weighted by Crippen LogP contribution is -2.32. The van der Waals surface area contributed by atoms with E-state index < -0.39 is 18.0 Å². The second kappa shape index (κ2) is 10.2. The van der Waals surface area contributed by atoms with E-state index in [1.54, 1.807) is 24.3 Å². The van der Waals surface area contributed by atoms with Gasteiger partial charge in [-0.1, -0.05) is 71.9 Å². The van der Waals surface area contributed by atoms with Crippen molar-refractivity contribution in [1.82, 2.24) is 15.0 Å². The van der Waals surface area contributed by atoms with Crippen LogP contribution in [0.2, 0.25) is 0 Å². The summed E-state index contributed by atoms with van der Waals surface area (Å²) in [6, 6.07) is 25.0. The minimum Gasteiger partial charge on any atom is -0.481 e. The Balaban J connectivity index is 1.37. The quantitative estimate of drug-likeness (QED) is 0.410. The van der Waals surface area contributed by atoms with Gasteiger partial charge in [-0.05, 0) is 48.1 Å². The lowest BCUT2D eigenvalue weighted by Gasteiger charge is -2.19. The molecule has 4 aromatic rings. The molecule has 168 valence electrons. The molecule has 2 N–H and O–H groups in total. The standard InChI is InChI=1S/C26H25N3O4/c30-24(15-12-18-10-13-20(14-11-18)19-6-2-1-3-7-19)22(26(32)33)16-17-29-25(31)21-8-4-5-9-23(21)27-28-29/h1-11,13-14,22,24,30H,12,15-17H2,(H,32,33)/t22-,24+/m0/s1. The Hall–Kier alpha value is -3.84. The molecule has 7 nitrogen and oxygen atoms in total. The molecule has 0 amide bonds. The molecule has 0 saturated heterocycles. The Kier molecular flexibility index (Phi) is 6.90. The Labute approximate surface area is 190 Å². The number of aromatic nitrogens is 3. The van der Waals surface area contributed by atoms with Gasteiger partial charge in [-0.15, -0.1) is 5.10 Å². The van der Waals surface area contributed by atoms with Crippen LogP contribution < -0.4 is 5.56 Å². The number of hydrogen-bond donors (Lipinski definition) is 2. The SMILES string of the molecule is O=C(O)[C@@H](CCn1nnc2ccccc2c1=O)[C@H](O)CCc1ccc(-c2ccccc2)cc1. The maximum absolute atomic E-state index is 12.6. The van der Waals surface area contributed by atoms with Crippen LogP contribution in [-0.2, 0) is 17.8 Å². The van der Waals surface area contributed by atoms with Gasteiger partial charge < -0.3 is 10.2 Å². The molecule has 0 spiro atoms. The predicted molar refractivity (Wildman–Crippen MR) is 126 cm³/mol. The Morgan fingerprint density at radius 3 is 2.27 bits per heavy atom. The molecule has 0 bridgehead atoms. The molecule has 3 aromatic carbocycles. The highest BCUT2D eigenvalue weighted by molar-refractivity contribution is 5.76. The van der Waals surface area contributed by atoms with Gasteiger partial charge in [-0.25, -0.2) is 4.68 Å². The monoisotopic (exact) mass is 443 g/mol. The minimum absolute atomic E-state index is 0.0659. The van der Waals surface area contributed by atoms with Crippen molar-refractivity contribution < 1.29 is 15.0 Å². The highest BCUT2D eigenvalue weighted by atomic mass is 16.4. The maximum atomic E-state index is 12.6. The number of benzene rings is 3. The van der Waals surface area contributed by atoms with Gasteiger partial charge in [0.05, 0.1) is 17.4 Å². The topological polar surface area (TPSA) is 105 Å². The number of carboxylic acid groups (broad SMARTS) is 1. The molecule has 0 aliphatic carbocycles. The molecule has 1 heterocycles. The van der Waals surface area contributed by atoms with E-state index in [1.165, 1.54) is 0 Å². The first-order valence-corrected chi connectivity index (χ1v) is 10.9. The largest absolute Gasteiger partial charge is 0.481 e. The summed E-state index contributed by atoms with van der Waals surface area (Å²) in [5, 5.41) is 28.6. The molecule has 0 saturated carbocycles. The smallest absolute Gasteiger partial charge is 0.309 e. The van der Waals surface area contributed by atoms with Gasteiger partial charge in [0, 0.05) is 6.54 Å². The van der Waals surface area contributed by atoms with Crippen molar-refractivity contribution in [3.63, 3.8) is 0 Å². The van der Waals surface area contributed by atoms with Crippen molar-refractivity contribution in [2.24, 2.45) is 5.92 Å². The Bertz CT molecular complexity index is 1290. The van der Waals surface area contributed by atoms with Crippen molar-refractivity contribution in [2.75, 3.05) is 0 Å². The fourth-order valence-corrected chi connectivity index (χ4v) is 3.92. The predicted octanol–water partition coefficient (Wildman–Crippen LogP) is 3.54. The summed E-state index contributed by atoms with van der Waals surface area (Å²) in [6.07, 6.45) is -0.105. The van der Waals surface area contributed by atoms with Crippen LogP contribution in [0, 0.1) is 5.92 Å². The zero-order valence-corrected chi connectivity index (χ0v) is 18.0. The van der Waals surface area contributed by atoms with Gasteiger partial charge in [0.25, 0.3) is 5.56 Å². The number of fused-ring (bicyclic) bond motifs is 1. The van der Waals surface area contributed by atoms with Crippen molar-refractivity contribution in [3.8, 4) is 11.1 Å². The molecule has 33 heavy (non-hydrogen) atoms. The molecular formula is C26H25N3O4. The van der Waals surface area contributed by atoms with E-state index in [0.717, 1.165) is 21.4 Å². The molecule has 0 unspecified atom stereocenters. The van der Waals surface area contributed by atoms with Gasteiger partial charge in [0.1, 0.15) is 5.52 Å². The van der Waals surface area contributed by atoms with E-state index >= 15 is 0 Å². The van der Waals surface area contributed by atoms with Gasteiger partial charge >= 0.3 is 5.97 Å². The van der Waals surface area contributed by atoms with Crippen molar-refractivity contribution in [3.05, 3.63) is 94.8 Å². The third kappa shape index (κ3) is 5.32. The summed E-state index contributed by atoms with van der Waals surface area (Å²) in [7, 11) is 0. The van der Waals surface area contributed by atoms with Crippen molar-refractivity contribution in [1.29, 1.82) is 0 Å². The first-order valence-electron chi connectivity index (χ1n) is 10.9. The van der Waals surface area contributed by atoms with Crippen LogP contribution in [0.15, 0.2) is 83.7 Å². The van der Waals surface area contributed by atoms with Gasteiger partial charge in [-0.3, -0.25) is 9.59 Å². The van der Waals surface area contributed by atoms with E-state index in [4.69, 9.17) is 0 Å². The van der Waals surface area contributed by atoms with Crippen LogP contribution in [0.3, 0.4) is 0 Å². The van der Waals surface area contributed by atoms with Gasteiger partial charge in [-0.2, -0.15) is 0 Å². The van der Waals surface area contributed by atoms with Crippen molar-refractivity contribution >= 4 is 16.9 Å². The molecule has 7 heteroatoms. The Morgan fingerprint density at radius 1 is 0.879 bits per heavy atom. The first kappa shape index (κ1) is 22.4. The molecule has 0 aliphatic rings. The molecule has 4 rings (SSSR count). The van der Waals surface area contributed by atoms with Gasteiger partial charge in [0.2, 0.25) is 0 Å². The molecule has 2 atom stereocenters. The van der Waals surface area contributed by atoms with Crippen LogP contribution >= 0.6 is 0 Å². The van der Waals surface area contributed by atoms with E-state index in [2.05, 4.69) is 10.3 Å². The highest BCUT2D eigenvalue weighted by Gasteiger charge is 2.26. The lowest BCUT2D eigenvalue weighted by molar-refractivity contribution is -0.146. The molecule has 0 fully saturated rings. The Morgan fingerprint density at radius 2 is 1.55 bits per heavy atom. The number of aryl methyl sites for hydroxylation is 2. The minimum atomic E-state index is -1.09. The van der Waals surface area contributed by atoms with Crippen LogP contribution in [0.5, 0.6) is 0 Å². The normalized spacial score (nSPS) is 13.0. The average molecular weight is 444 g/mol. The number of aliphatic carboxylic acids is 1. The summed E-state index contributed by atoms with van der Waals surface area (Å²) in [4.78, 5) is 24.4. The lowest BCUT2D eigenvalue weighted by atomic mass is 9.93. The summed E-state index contributed by atoms with van der Waals surface area (Å²) >= 11 is 0. The summed E-state index contributed by atoms with van der Waals surface area (Å²) in [5.41, 5.74) is 3.42. The first-order chi connectivity index (χ1) is 16.0. The van der Waals surface area contributed by atoms with Gasteiger partial charge in [0.15, 0.2) is 0 Å². The molecular weight excluding hydrogens is 418 g/mol. The zero-order valence-electron chi connectivity index (χ0n) is 18.0. The van der Waals surface area contributed by atoms with Crippen LogP contribution in [0.25, 0.3) is 22.0 Å². The van der Waals surface area contributed by atoms with Crippen molar-refractivity contribution in [2.45, 2.75) is 31.9 Å². The van der Waals surface area contributed by atoms with E-state index in [1.807, 2.05) is 54.6 Å². The molecule has 0 aliphatic heterocycles. The maximum Gasteiger partial charge on any atom is 0.309 e. The number of aliphatic hydroxyl groups excluding tert-OH is 1. The molecule has 1 aromatic heterocycles. The average Bonchev–Trinajstić information content (AvgIpc) is 2.85. The van der Waals surface area contributed by atoms with E-state index in [-0.39, 0.29) is 18.5 Å². The summed E-state index contributed by atoms with van der Waals surface area (Å²) < 4.78 is 1.16. The number of nitrogens with zero attached hydrogens (tertiary/aromatic N) is 3. The highest BCUT2D eigenvalue weighted by Crippen LogP contribution is 2.21. The van der Waals surface area contributed by atoms with Crippen LogP contribution in [-0.4, -0.2) is 37.3 Å². The third-order valence-corrected chi connectivity index (χ3v) is 5.85.